The maximum absolute atomic E-state index is 13.9. The number of anilines is 1. The first-order valence-corrected chi connectivity index (χ1v) is 14.4. The minimum absolute atomic E-state index is 0.194. The molecule has 1 fully saturated rings. The molecule has 1 heterocycles. The fourth-order valence-electron chi connectivity index (χ4n) is 5.46. The van der Waals surface area contributed by atoms with E-state index in [0.717, 1.165) is 43.2 Å². The highest BCUT2D eigenvalue weighted by Crippen LogP contribution is 2.36. The molecule has 1 saturated heterocycles. The van der Waals surface area contributed by atoms with Gasteiger partial charge in [-0.15, -0.1) is 0 Å². The Kier molecular flexibility index (Phi) is 10.2. The largest absolute Gasteiger partial charge is 0.495 e. The quantitative estimate of drug-likeness (QED) is 0.372. The van der Waals surface area contributed by atoms with Crippen molar-refractivity contribution in [3.05, 3.63) is 83.6 Å². The average Bonchev–Trinajstić information content (AvgIpc) is 3.01. The molecule has 0 spiro atoms. The Morgan fingerprint density at radius 1 is 1.00 bits per heavy atom. The van der Waals surface area contributed by atoms with Gasteiger partial charge >= 0.3 is 12.0 Å². The zero-order chi connectivity index (χ0) is 30.1. The summed E-state index contributed by atoms with van der Waals surface area (Å²) < 4.78 is 10.4. The van der Waals surface area contributed by atoms with E-state index in [-0.39, 0.29) is 25.1 Å². The number of esters is 1. The van der Waals surface area contributed by atoms with Crippen LogP contribution in [0.15, 0.2) is 78.0 Å². The summed E-state index contributed by atoms with van der Waals surface area (Å²) in [7, 11) is 1.68. The molecule has 0 radical (unpaired) electrons. The van der Waals surface area contributed by atoms with Crippen LogP contribution < -0.4 is 25.6 Å². The zero-order valence-corrected chi connectivity index (χ0v) is 24.8. The number of hydrogen-bond donors (Lipinski definition) is 3. The lowest BCUT2D eigenvalue weighted by Gasteiger charge is -2.48. The summed E-state index contributed by atoms with van der Waals surface area (Å²) in [6, 6.07) is 17.1. The molecule has 2 unspecified atom stereocenters. The first-order chi connectivity index (χ1) is 20.2. The van der Waals surface area contributed by atoms with Gasteiger partial charge in [0.05, 0.1) is 31.0 Å². The number of amides is 3. The summed E-state index contributed by atoms with van der Waals surface area (Å²) in [6.45, 7) is 8.77. The number of nitrogens with zero attached hydrogens (tertiary/aromatic N) is 2. The van der Waals surface area contributed by atoms with Crippen LogP contribution in [0.1, 0.15) is 38.8 Å². The summed E-state index contributed by atoms with van der Waals surface area (Å²) in [5, 5.41) is 8.44. The maximum atomic E-state index is 13.9. The van der Waals surface area contributed by atoms with Gasteiger partial charge in [-0.25, -0.2) is 4.79 Å². The normalized spacial score (nSPS) is 19.6. The molecule has 3 N–H and O–H groups in total. The van der Waals surface area contributed by atoms with E-state index in [1.807, 2.05) is 61.5 Å². The molecule has 2 atom stereocenters. The van der Waals surface area contributed by atoms with Crippen molar-refractivity contribution >= 4 is 23.6 Å². The standard InChI is InChI=1S/C32H41N5O5/c1-5-42-29(38)22-33-31(40)35-25-15-16-32(3,26(21-25)30(39)34-23(2)24-11-7-6-8-12-24)37-19-17-36(18-20-37)27-13-9-10-14-28(27)41-4/h6-15,21,23H,5,16-20,22H2,1-4H3,(H,34,39)(H2,33,35,40). The second-order valence-electron chi connectivity index (χ2n) is 10.6. The molecule has 2 aliphatic rings. The van der Waals surface area contributed by atoms with Gasteiger partial charge in [-0.3, -0.25) is 14.5 Å². The Morgan fingerprint density at radius 2 is 1.69 bits per heavy atom. The second-order valence-corrected chi connectivity index (χ2v) is 10.6. The van der Waals surface area contributed by atoms with E-state index in [9.17, 15) is 14.4 Å². The number of ether oxygens (including phenoxy) is 2. The summed E-state index contributed by atoms with van der Waals surface area (Å²) in [6.07, 6.45) is 4.19. The molecule has 3 amide bonds. The predicted molar refractivity (Wildman–Crippen MR) is 162 cm³/mol. The molecule has 10 heteroatoms. The van der Waals surface area contributed by atoms with E-state index < -0.39 is 17.5 Å². The summed E-state index contributed by atoms with van der Waals surface area (Å²) >= 11 is 0. The second kappa shape index (κ2) is 14.0. The minimum Gasteiger partial charge on any atom is -0.495 e. The van der Waals surface area contributed by atoms with Crippen molar-refractivity contribution in [3.63, 3.8) is 0 Å². The highest BCUT2D eigenvalue weighted by atomic mass is 16.5. The number of nitrogens with one attached hydrogen (secondary N) is 3. The van der Waals surface area contributed by atoms with Gasteiger partial charge in [0.15, 0.2) is 0 Å². The Morgan fingerprint density at radius 3 is 2.38 bits per heavy atom. The van der Waals surface area contributed by atoms with Gasteiger partial charge in [0.1, 0.15) is 12.3 Å². The lowest BCUT2D eigenvalue weighted by Crippen LogP contribution is -2.59. The lowest BCUT2D eigenvalue weighted by molar-refractivity contribution is -0.141. The third-order valence-corrected chi connectivity index (χ3v) is 7.85. The van der Waals surface area contributed by atoms with Crippen molar-refractivity contribution in [2.24, 2.45) is 0 Å². The van der Waals surface area contributed by atoms with Crippen LogP contribution >= 0.6 is 0 Å². The fraction of sp³-hybridized carbons (Fsp3) is 0.406. The maximum Gasteiger partial charge on any atom is 0.325 e. The molecule has 2 aromatic carbocycles. The number of para-hydroxylation sites is 2. The molecule has 0 aromatic heterocycles. The van der Waals surface area contributed by atoms with Gasteiger partial charge in [-0.05, 0) is 51.0 Å². The van der Waals surface area contributed by atoms with E-state index in [1.54, 1.807) is 20.1 Å². The smallest absolute Gasteiger partial charge is 0.325 e. The van der Waals surface area contributed by atoms with Gasteiger partial charge in [0.25, 0.3) is 0 Å². The molecular formula is C32H41N5O5. The number of hydrogen-bond acceptors (Lipinski definition) is 7. The molecule has 42 heavy (non-hydrogen) atoms. The third kappa shape index (κ3) is 7.30. The van der Waals surface area contributed by atoms with Crippen molar-refractivity contribution in [3.8, 4) is 5.75 Å². The number of rotatable bonds is 10. The van der Waals surface area contributed by atoms with E-state index in [4.69, 9.17) is 9.47 Å². The Bertz CT molecular complexity index is 1320. The molecule has 10 nitrogen and oxygen atoms in total. The van der Waals surface area contributed by atoms with Crippen molar-refractivity contribution in [1.82, 2.24) is 20.9 Å². The van der Waals surface area contributed by atoms with Crippen LogP contribution in [0.4, 0.5) is 10.5 Å². The fourth-order valence-corrected chi connectivity index (χ4v) is 5.46. The van der Waals surface area contributed by atoms with Crippen molar-refractivity contribution in [2.45, 2.75) is 38.8 Å². The number of carbonyl (C=O) groups is 3. The van der Waals surface area contributed by atoms with Crippen LogP contribution in [0.2, 0.25) is 0 Å². The minimum atomic E-state index is -0.597. The Labute approximate surface area is 247 Å². The van der Waals surface area contributed by atoms with Gasteiger partial charge < -0.3 is 30.3 Å². The lowest BCUT2D eigenvalue weighted by atomic mass is 9.81. The van der Waals surface area contributed by atoms with E-state index in [1.165, 1.54) is 0 Å². The van der Waals surface area contributed by atoms with Crippen LogP contribution in [-0.2, 0) is 14.3 Å². The molecule has 1 aliphatic carbocycles. The van der Waals surface area contributed by atoms with E-state index in [2.05, 4.69) is 38.7 Å². The molecule has 1 aliphatic heterocycles. The van der Waals surface area contributed by atoms with Crippen LogP contribution in [-0.4, -0.2) is 74.8 Å². The van der Waals surface area contributed by atoms with Gasteiger partial charge in [-0.2, -0.15) is 0 Å². The van der Waals surface area contributed by atoms with Crippen LogP contribution in [0, 0.1) is 0 Å². The van der Waals surface area contributed by atoms with Crippen LogP contribution in [0.25, 0.3) is 0 Å². The monoisotopic (exact) mass is 575 g/mol. The van der Waals surface area contributed by atoms with Crippen molar-refractivity contribution in [2.75, 3.05) is 51.3 Å². The van der Waals surface area contributed by atoms with Crippen LogP contribution in [0.5, 0.6) is 5.75 Å². The highest BCUT2D eigenvalue weighted by molar-refractivity contribution is 5.97. The van der Waals surface area contributed by atoms with Crippen LogP contribution in [0.3, 0.4) is 0 Å². The molecule has 224 valence electrons. The summed E-state index contributed by atoms with van der Waals surface area (Å²) in [4.78, 5) is 42.7. The van der Waals surface area contributed by atoms with Crippen molar-refractivity contribution < 1.29 is 23.9 Å². The number of allylic oxidation sites excluding steroid dienone is 1. The number of piperazine rings is 1. The Balaban J connectivity index is 1.51. The molecule has 2 aromatic rings. The van der Waals surface area contributed by atoms with E-state index >= 15 is 0 Å². The number of methoxy groups -OCH3 is 1. The van der Waals surface area contributed by atoms with Gasteiger partial charge in [0, 0.05) is 37.4 Å². The molecule has 0 saturated carbocycles. The number of benzene rings is 2. The summed E-state index contributed by atoms with van der Waals surface area (Å²) in [5.74, 6) is 0.125. The number of urea groups is 1. The SMILES string of the molecule is CCOC(=O)CNC(=O)NC1=CCC(C)(N2CCN(c3ccccc3OC)CC2)C(C(=O)NC(C)c2ccccc2)=C1. The first kappa shape index (κ1) is 30.6. The topological polar surface area (TPSA) is 112 Å². The van der Waals surface area contributed by atoms with Gasteiger partial charge in [-0.1, -0.05) is 48.5 Å². The third-order valence-electron chi connectivity index (χ3n) is 7.85. The molecule has 4 rings (SSSR count). The summed E-state index contributed by atoms with van der Waals surface area (Å²) in [5.41, 5.74) is 2.53. The average molecular weight is 576 g/mol. The van der Waals surface area contributed by atoms with E-state index in [0.29, 0.717) is 17.7 Å². The number of carbonyl (C=O) groups excluding carboxylic acids is 3. The molecular weight excluding hydrogens is 534 g/mol. The first-order valence-electron chi connectivity index (χ1n) is 14.4. The predicted octanol–water partition coefficient (Wildman–Crippen LogP) is 3.53. The van der Waals surface area contributed by atoms with Crippen molar-refractivity contribution in [1.29, 1.82) is 0 Å². The molecule has 0 bridgehead atoms. The zero-order valence-electron chi connectivity index (χ0n) is 24.8. The van der Waals surface area contributed by atoms with Gasteiger partial charge in [0.2, 0.25) is 5.91 Å². The Hall–Kier alpha value is -4.31. The highest BCUT2D eigenvalue weighted by Gasteiger charge is 2.42.